The summed E-state index contributed by atoms with van der Waals surface area (Å²) >= 11 is 0. The molecule has 1 N–H and O–H groups in total. The van der Waals surface area contributed by atoms with Gasteiger partial charge in [-0.1, -0.05) is 0 Å². The van der Waals surface area contributed by atoms with E-state index in [1.165, 1.54) is 27.4 Å². The fourth-order valence-electron chi connectivity index (χ4n) is 3.14. The molecule has 0 aliphatic carbocycles. The number of methoxy groups -OCH3 is 4. The number of hydrogen-bond donors (Lipinski definition) is 1. The maximum Gasteiger partial charge on any atom is 0.215 e. The van der Waals surface area contributed by atoms with Gasteiger partial charge in [0.1, 0.15) is 5.71 Å². The summed E-state index contributed by atoms with van der Waals surface area (Å²) in [6, 6.07) is 6.66. The molecule has 1 aliphatic heterocycles. The van der Waals surface area contributed by atoms with Crippen molar-refractivity contribution in [1.29, 1.82) is 0 Å². The van der Waals surface area contributed by atoms with E-state index >= 15 is 0 Å². The van der Waals surface area contributed by atoms with Crippen molar-refractivity contribution in [3.8, 4) is 28.7 Å². The third-order valence-corrected chi connectivity index (χ3v) is 4.49. The molecule has 0 amide bonds. The van der Waals surface area contributed by atoms with Gasteiger partial charge in [-0.3, -0.25) is 9.79 Å². The van der Waals surface area contributed by atoms with Crippen LogP contribution in [0.4, 0.5) is 0 Å². The largest absolute Gasteiger partial charge is 0.504 e. The number of aromatic hydroxyl groups is 1. The van der Waals surface area contributed by atoms with Crippen molar-refractivity contribution in [2.45, 2.75) is 6.42 Å². The molecule has 27 heavy (non-hydrogen) atoms. The topological polar surface area (TPSA) is 86.6 Å². The van der Waals surface area contributed by atoms with Gasteiger partial charge in [-0.25, -0.2) is 0 Å². The molecule has 3 rings (SSSR count). The van der Waals surface area contributed by atoms with Gasteiger partial charge in [-0.15, -0.1) is 0 Å². The van der Waals surface area contributed by atoms with E-state index in [1.54, 1.807) is 19.2 Å². The summed E-state index contributed by atoms with van der Waals surface area (Å²) in [7, 11) is 5.96. The number of aliphatic imine (C=N–C) groups is 1. The molecule has 7 nitrogen and oxygen atoms in total. The van der Waals surface area contributed by atoms with Gasteiger partial charge in [0.2, 0.25) is 11.5 Å². The van der Waals surface area contributed by atoms with E-state index in [2.05, 4.69) is 4.99 Å². The van der Waals surface area contributed by atoms with Crippen molar-refractivity contribution >= 4 is 11.5 Å². The van der Waals surface area contributed by atoms with Gasteiger partial charge in [0.05, 0.1) is 34.0 Å². The second-order valence-electron chi connectivity index (χ2n) is 5.87. The Hall–Kier alpha value is -3.22. The molecular weight excluding hydrogens is 350 g/mol. The fraction of sp³-hybridized carbons (Fsp3) is 0.300. The molecule has 1 heterocycles. The molecule has 0 saturated heterocycles. The van der Waals surface area contributed by atoms with Crippen LogP contribution < -0.4 is 18.9 Å². The van der Waals surface area contributed by atoms with Gasteiger partial charge in [0, 0.05) is 12.1 Å². The molecule has 1 aliphatic rings. The lowest BCUT2D eigenvalue weighted by Crippen LogP contribution is -2.22. The first-order valence-corrected chi connectivity index (χ1v) is 8.34. The van der Waals surface area contributed by atoms with Crippen LogP contribution in [0.15, 0.2) is 29.3 Å². The molecule has 0 radical (unpaired) electrons. The zero-order valence-electron chi connectivity index (χ0n) is 15.7. The zero-order chi connectivity index (χ0) is 19.6. The minimum Gasteiger partial charge on any atom is -0.504 e. The lowest BCUT2D eigenvalue weighted by molar-refractivity contribution is 0.106. The third-order valence-electron chi connectivity index (χ3n) is 4.49. The van der Waals surface area contributed by atoms with E-state index in [0.29, 0.717) is 35.8 Å². The molecule has 2 aromatic carbocycles. The van der Waals surface area contributed by atoms with Crippen LogP contribution in [0.5, 0.6) is 28.7 Å². The van der Waals surface area contributed by atoms with Crippen LogP contribution in [0.2, 0.25) is 0 Å². The van der Waals surface area contributed by atoms with Crippen molar-refractivity contribution in [2.24, 2.45) is 4.99 Å². The molecule has 0 aromatic heterocycles. The summed E-state index contributed by atoms with van der Waals surface area (Å²) in [5.41, 5.74) is 1.96. The van der Waals surface area contributed by atoms with Gasteiger partial charge >= 0.3 is 0 Å². The molecule has 7 heteroatoms. The number of phenolic OH excluding ortho intramolecular Hbond substituents is 1. The maximum absolute atomic E-state index is 13.1. The van der Waals surface area contributed by atoms with Crippen LogP contribution in [0.3, 0.4) is 0 Å². The second-order valence-corrected chi connectivity index (χ2v) is 5.87. The summed E-state index contributed by atoms with van der Waals surface area (Å²) in [6.07, 6.45) is 0.685. The van der Waals surface area contributed by atoms with Gasteiger partial charge in [-0.2, -0.15) is 0 Å². The van der Waals surface area contributed by atoms with Gasteiger partial charge < -0.3 is 24.1 Å². The Bertz CT molecular complexity index is 919. The number of fused-ring (bicyclic) bond motifs is 1. The molecule has 0 bridgehead atoms. The number of phenols is 1. The van der Waals surface area contributed by atoms with Crippen LogP contribution in [0, 0.1) is 0 Å². The first-order valence-electron chi connectivity index (χ1n) is 8.34. The predicted molar refractivity (Wildman–Crippen MR) is 100 cm³/mol. The fourth-order valence-corrected chi connectivity index (χ4v) is 3.14. The number of hydrogen-bond acceptors (Lipinski definition) is 7. The van der Waals surface area contributed by atoms with E-state index in [1.807, 2.05) is 6.07 Å². The van der Waals surface area contributed by atoms with Crippen LogP contribution in [-0.2, 0) is 6.42 Å². The summed E-state index contributed by atoms with van der Waals surface area (Å²) in [6.45, 7) is 0.470. The highest BCUT2D eigenvalue weighted by atomic mass is 16.5. The first-order chi connectivity index (χ1) is 13.0. The molecule has 142 valence electrons. The number of carbonyl (C=O) groups excluding carboxylic acids is 1. The standard InChI is InChI=1S/C20H21NO6/c1-24-14-6-5-12(19(23)20(14)27-4)18(22)17-13-10-16(26-3)15(25-2)9-11(13)7-8-21-17/h5-6,9-10,23H,7-8H2,1-4H3. The smallest absolute Gasteiger partial charge is 0.215 e. The number of benzene rings is 2. The highest BCUT2D eigenvalue weighted by Crippen LogP contribution is 2.40. The molecule has 0 unspecified atom stereocenters. The average molecular weight is 371 g/mol. The van der Waals surface area contributed by atoms with E-state index < -0.39 is 5.78 Å². The molecule has 0 fully saturated rings. The van der Waals surface area contributed by atoms with Gasteiger partial charge in [0.25, 0.3) is 0 Å². The quantitative estimate of drug-likeness (QED) is 0.786. The van der Waals surface area contributed by atoms with E-state index in [4.69, 9.17) is 18.9 Å². The van der Waals surface area contributed by atoms with Crippen molar-refractivity contribution in [1.82, 2.24) is 0 Å². The number of rotatable bonds is 6. The number of Topliss-reactive ketones (excluding diaryl/α,β-unsaturated/α-hetero) is 1. The summed E-state index contributed by atoms with van der Waals surface area (Å²) < 4.78 is 21.0. The highest BCUT2D eigenvalue weighted by molar-refractivity contribution is 6.52. The van der Waals surface area contributed by atoms with E-state index in [0.717, 1.165) is 5.56 Å². The minimum absolute atomic E-state index is 0.0917. The molecule has 0 saturated carbocycles. The predicted octanol–water partition coefficient (Wildman–Crippen LogP) is 2.65. The second kappa shape index (κ2) is 7.57. The number of ketones is 1. The molecule has 0 atom stereocenters. The summed E-state index contributed by atoms with van der Waals surface area (Å²) in [5.74, 6) is 0.865. The number of nitrogens with zero attached hydrogens (tertiary/aromatic N) is 1. The van der Waals surface area contributed by atoms with Crippen LogP contribution in [-0.4, -0.2) is 51.6 Å². The summed E-state index contributed by atoms with van der Waals surface area (Å²) in [5, 5.41) is 10.5. The van der Waals surface area contributed by atoms with Crippen molar-refractivity contribution in [3.05, 3.63) is 41.0 Å². The lowest BCUT2D eigenvalue weighted by Gasteiger charge is -2.20. The molecule has 2 aromatic rings. The Labute approximate surface area is 157 Å². The third kappa shape index (κ3) is 3.16. The van der Waals surface area contributed by atoms with Gasteiger partial charge in [0.15, 0.2) is 23.0 Å². The van der Waals surface area contributed by atoms with E-state index in [9.17, 15) is 9.90 Å². The van der Waals surface area contributed by atoms with Crippen molar-refractivity contribution in [2.75, 3.05) is 35.0 Å². The van der Waals surface area contributed by atoms with Gasteiger partial charge in [-0.05, 0) is 36.2 Å². The Kier molecular flexibility index (Phi) is 5.21. The van der Waals surface area contributed by atoms with E-state index in [-0.39, 0.29) is 22.8 Å². The summed E-state index contributed by atoms with van der Waals surface area (Å²) in [4.78, 5) is 17.6. The highest BCUT2D eigenvalue weighted by Gasteiger charge is 2.28. The Balaban J connectivity index is 2.09. The maximum atomic E-state index is 13.1. The minimum atomic E-state index is -0.401. The Morgan fingerprint density at radius 3 is 2.26 bits per heavy atom. The lowest BCUT2D eigenvalue weighted by atomic mass is 9.91. The zero-order valence-corrected chi connectivity index (χ0v) is 15.7. The monoisotopic (exact) mass is 371 g/mol. The first kappa shape index (κ1) is 18.6. The van der Waals surface area contributed by atoms with Crippen LogP contribution >= 0.6 is 0 Å². The molecule has 0 spiro atoms. The number of ether oxygens (including phenoxy) is 4. The van der Waals surface area contributed by atoms with Crippen molar-refractivity contribution < 1.29 is 28.8 Å². The van der Waals surface area contributed by atoms with Crippen LogP contribution in [0.1, 0.15) is 21.5 Å². The average Bonchev–Trinajstić information content (AvgIpc) is 2.71. The molecular formula is C20H21NO6. The normalized spacial score (nSPS) is 12.7. The number of carbonyl (C=O) groups is 1. The van der Waals surface area contributed by atoms with Crippen molar-refractivity contribution in [3.63, 3.8) is 0 Å². The Morgan fingerprint density at radius 2 is 1.63 bits per heavy atom. The Morgan fingerprint density at radius 1 is 0.963 bits per heavy atom. The van der Waals surface area contributed by atoms with Crippen LogP contribution in [0.25, 0.3) is 0 Å². The SMILES string of the molecule is COc1cc2c(cc1OC)C(C(=O)c1ccc(OC)c(OC)c1O)=NCC2.